The van der Waals surface area contributed by atoms with Crippen LogP contribution in [-0.4, -0.2) is 50.0 Å². The number of ether oxygens (including phenoxy) is 2. The maximum absolute atomic E-state index is 13.7. The standard InChI is InChI=1S/C28H20ClN3O9S2/c1-40-20-12-5-16(13-21(20)41-2)24-23(25(33)15-3-6-17(29)7-4-15)26(34)27(35)31(24)28-30-14-22(42-28)43(38,39)19-10-8-18(9-11-19)32(36)37/h3-14,23-24H,1-2H3. The van der Waals surface area contributed by atoms with Crippen LogP contribution in [0.25, 0.3) is 0 Å². The average molecular weight is 642 g/mol. The number of nitro benzene ring substituents is 1. The van der Waals surface area contributed by atoms with Crippen molar-refractivity contribution in [2.45, 2.75) is 15.1 Å². The van der Waals surface area contributed by atoms with E-state index in [-0.39, 0.29) is 31.2 Å². The number of rotatable bonds is 9. The molecule has 0 radical (unpaired) electrons. The Labute approximate surface area is 253 Å². The summed E-state index contributed by atoms with van der Waals surface area (Å²) in [7, 11) is -1.37. The molecule has 2 unspecified atom stereocenters. The molecule has 220 valence electrons. The molecular formula is C28H20ClN3O9S2. The zero-order valence-corrected chi connectivity index (χ0v) is 24.7. The lowest BCUT2D eigenvalue weighted by Gasteiger charge is -2.25. The van der Waals surface area contributed by atoms with Gasteiger partial charge in [0.2, 0.25) is 15.6 Å². The van der Waals surface area contributed by atoms with Gasteiger partial charge in [0, 0.05) is 22.7 Å². The fourth-order valence-corrected chi connectivity index (χ4v) is 7.34. The Morgan fingerprint density at radius 2 is 1.65 bits per heavy atom. The number of sulfone groups is 1. The number of anilines is 1. The van der Waals surface area contributed by atoms with Gasteiger partial charge in [0.15, 0.2) is 22.4 Å². The molecule has 2 heterocycles. The van der Waals surface area contributed by atoms with Crippen molar-refractivity contribution >= 4 is 61.1 Å². The van der Waals surface area contributed by atoms with E-state index in [0.29, 0.717) is 27.7 Å². The Balaban J connectivity index is 1.61. The van der Waals surface area contributed by atoms with Crippen LogP contribution in [0.5, 0.6) is 11.5 Å². The van der Waals surface area contributed by atoms with Gasteiger partial charge in [0.05, 0.1) is 36.3 Å². The van der Waals surface area contributed by atoms with Gasteiger partial charge in [-0.1, -0.05) is 29.0 Å². The Kier molecular flexibility index (Phi) is 8.01. The molecule has 4 aromatic rings. The lowest BCUT2D eigenvalue weighted by molar-refractivity contribution is -0.384. The minimum absolute atomic E-state index is 0.142. The molecule has 0 spiro atoms. The molecule has 2 atom stereocenters. The van der Waals surface area contributed by atoms with Gasteiger partial charge in [-0.25, -0.2) is 13.4 Å². The number of non-ortho nitro benzene ring substituents is 1. The zero-order chi connectivity index (χ0) is 31.1. The van der Waals surface area contributed by atoms with Gasteiger partial charge >= 0.3 is 0 Å². The number of ketones is 2. The van der Waals surface area contributed by atoms with Crippen LogP contribution >= 0.6 is 22.9 Å². The molecule has 15 heteroatoms. The summed E-state index contributed by atoms with van der Waals surface area (Å²) in [5.41, 5.74) is 0.182. The van der Waals surface area contributed by atoms with Crippen LogP contribution in [0.3, 0.4) is 0 Å². The number of methoxy groups -OCH3 is 2. The van der Waals surface area contributed by atoms with E-state index >= 15 is 0 Å². The molecule has 1 aliphatic rings. The van der Waals surface area contributed by atoms with Gasteiger partial charge in [-0.05, 0) is 54.1 Å². The SMILES string of the molecule is COc1ccc(C2C(C(=O)c3ccc(Cl)cc3)C(=O)C(=O)N2c2ncc(S(=O)(=O)c3ccc([N+](=O)[O-])cc3)s2)cc1OC. The monoisotopic (exact) mass is 641 g/mol. The van der Waals surface area contributed by atoms with Crippen molar-refractivity contribution in [3.8, 4) is 11.5 Å². The first-order chi connectivity index (χ1) is 20.5. The minimum atomic E-state index is -4.21. The summed E-state index contributed by atoms with van der Waals surface area (Å²) in [6.07, 6.45) is 1.02. The number of nitrogens with zero attached hydrogens (tertiary/aromatic N) is 3. The van der Waals surface area contributed by atoms with Crippen molar-refractivity contribution in [3.63, 3.8) is 0 Å². The van der Waals surface area contributed by atoms with Gasteiger partial charge < -0.3 is 9.47 Å². The Hall–Kier alpha value is -4.66. The molecule has 0 aliphatic carbocycles. The van der Waals surface area contributed by atoms with Crippen molar-refractivity contribution in [2.24, 2.45) is 5.92 Å². The van der Waals surface area contributed by atoms with Crippen molar-refractivity contribution in [3.05, 3.63) is 99.2 Å². The van der Waals surface area contributed by atoms with Crippen molar-refractivity contribution in [1.82, 2.24) is 4.98 Å². The number of carbonyl (C=O) groups is 3. The van der Waals surface area contributed by atoms with Crippen LogP contribution in [0.4, 0.5) is 10.8 Å². The first-order valence-corrected chi connectivity index (χ1v) is 15.0. The summed E-state index contributed by atoms with van der Waals surface area (Å²) < 4.78 is 37.0. The number of nitro groups is 1. The van der Waals surface area contributed by atoms with Crippen LogP contribution in [0, 0.1) is 16.0 Å². The third kappa shape index (κ3) is 5.35. The lowest BCUT2D eigenvalue weighted by atomic mass is 9.86. The van der Waals surface area contributed by atoms with Gasteiger partial charge in [0.1, 0.15) is 10.1 Å². The Morgan fingerprint density at radius 1 is 1.00 bits per heavy atom. The van der Waals surface area contributed by atoms with Gasteiger partial charge in [-0.3, -0.25) is 29.4 Å². The van der Waals surface area contributed by atoms with E-state index in [1.165, 1.54) is 44.6 Å². The van der Waals surface area contributed by atoms with Crippen molar-refractivity contribution in [1.29, 1.82) is 0 Å². The molecule has 0 saturated carbocycles. The molecule has 1 amide bonds. The van der Waals surface area contributed by atoms with E-state index in [0.717, 1.165) is 35.4 Å². The first-order valence-electron chi connectivity index (χ1n) is 12.3. The summed E-state index contributed by atoms with van der Waals surface area (Å²) in [6.45, 7) is 0. The number of hydrogen-bond acceptors (Lipinski definition) is 11. The van der Waals surface area contributed by atoms with Crippen molar-refractivity contribution < 1.29 is 37.2 Å². The third-order valence-electron chi connectivity index (χ3n) is 6.77. The number of thiazole rings is 1. The summed E-state index contributed by atoms with van der Waals surface area (Å²) in [5.74, 6) is -3.58. The molecule has 1 aromatic heterocycles. The second-order valence-electron chi connectivity index (χ2n) is 9.16. The van der Waals surface area contributed by atoms with Gasteiger partial charge in [-0.2, -0.15) is 0 Å². The third-order valence-corrected chi connectivity index (χ3v) is 10.2. The quantitative estimate of drug-likeness (QED) is 0.0822. The van der Waals surface area contributed by atoms with E-state index in [1.807, 2.05) is 0 Å². The van der Waals surface area contributed by atoms with Crippen LogP contribution in [0.2, 0.25) is 5.02 Å². The summed E-state index contributed by atoms with van der Waals surface area (Å²) in [6, 6.07) is 13.5. The van der Waals surface area contributed by atoms with Crippen LogP contribution in [0.1, 0.15) is 22.0 Å². The van der Waals surface area contributed by atoms with E-state index in [1.54, 1.807) is 12.1 Å². The van der Waals surface area contributed by atoms with E-state index in [9.17, 15) is 32.9 Å². The number of benzene rings is 3. The Bertz CT molecular complexity index is 1870. The predicted octanol–water partition coefficient (Wildman–Crippen LogP) is 4.71. The lowest BCUT2D eigenvalue weighted by Crippen LogP contribution is -2.30. The summed E-state index contributed by atoms with van der Waals surface area (Å²) >= 11 is 6.58. The smallest absolute Gasteiger partial charge is 0.297 e. The number of amides is 1. The van der Waals surface area contributed by atoms with Crippen molar-refractivity contribution in [2.75, 3.05) is 19.1 Å². The highest BCUT2D eigenvalue weighted by molar-refractivity contribution is 7.93. The molecule has 0 N–H and O–H groups in total. The zero-order valence-electron chi connectivity index (χ0n) is 22.3. The largest absolute Gasteiger partial charge is 0.493 e. The van der Waals surface area contributed by atoms with E-state index in [2.05, 4.69) is 4.98 Å². The van der Waals surface area contributed by atoms with Crippen LogP contribution < -0.4 is 14.4 Å². The number of hydrogen-bond donors (Lipinski definition) is 0. The molecule has 0 bridgehead atoms. The highest BCUT2D eigenvalue weighted by atomic mass is 35.5. The fraction of sp³-hybridized carbons (Fsp3) is 0.143. The molecule has 1 aliphatic heterocycles. The maximum atomic E-state index is 13.7. The highest BCUT2D eigenvalue weighted by Gasteiger charge is 2.53. The van der Waals surface area contributed by atoms with Crippen LogP contribution in [-0.2, 0) is 19.4 Å². The molecule has 12 nitrogen and oxygen atoms in total. The summed E-state index contributed by atoms with van der Waals surface area (Å²) in [4.78, 5) is 55.9. The number of halogens is 1. The fourth-order valence-electron chi connectivity index (χ4n) is 4.66. The molecule has 43 heavy (non-hydrogen) atoms. The average Bonchev–Trinajstić information content (AvgIpc) is 3.60. The molecule has 1 fully saturated rings. The molecule has 5 rings (SSSR count). The molecule has 1 saturated heterocycles. The second kappa shape index (κ2) is 11.6. The van der Waals surface area contributed by atoms with Crippen LogP contribution in [0.15, 0.2) is 82.0 Å². The second-order valence-corrected chi connectivity index (χ2v) is 12.8. The molecular weight excluding hydrogens is 622 g/mol. The number of Topliss-reactive ketones (excluding diaryl/α,β-unsaturated/α-hetero) is 2. The van der Waals surface area contributed by atoms with Gasteiger partial charge in [0.25, 0.3) is 11.6 Å². The van der Waals surface area contributed by atoms with E-state index < -0.39 is 44.2 Å². The van der Waals surface area contributed by atoms with Gasteiger partial charge in [-0.15, -0.1) is 0 Å². The predicted molar refractivity (Wildman–Crippen MR) is 155 cm³/mol. The normalized spacial score (nSPS) is 16.8. The maximum Gasteiger partial charge on any atom is 0.297 e. The highest BCUT2D eigenvalue weighted by Crippen LogP contribution is 2.45. The van der Waals surface area contributed by atoms with E-state index in [4.69, 9.17) is 21.1 Å². The number of carbonyl (C=O) groups excluding carboxylic acids is 3. The first kappa shape index (κ1) is 29.8. The Morgan fingerprint density at radius 3 is 2.26 bits per heavy atom. The summed E-state index contributed by atoms with van der Waals surface area (Å²) in [5, 5.41) is 11.2. The minimum Gasteiger partial charge on any atom is -0.493 e. The number of aromatic nitrogens is 1. The topological polar surface area (TPSA) is 163 Å². The molecule has 3 aromatic carbocycles.